The minimum Gasteiger partial charge on any atom is -0.464 e. The Morgan fingerprint density at radius 2 is 1.70 bits per heavy atom. The van der Waals surface area contributed by atoms with Crippen molar-refractivity contribution in [2.45, 2.75) is 154 Å². The van der Waals surface area contributed by atoms with Crippen molar-refractivity contribution in [3.63, 3.8) is 0 Å². The Balaban J connectivity index is 1.94. The standard InChI is InChI=1S/C37H71N3O7/c1-13-40-23-25(2)22-37(7,44-12)33(47-34-31(41)30(38(8)9)21-26(3)46-34)27(4)32(43-11)36(5,6)35(42)45-24-29(40)19-16-20-39(10)28-17-14-15-18-28/h25-34,41H,13-24H2,1-12H3/t25-,26-,27+,29+,30+,31-,32?,33-,34+,37-/m1/s1. The van der Waals surface area contributed by atoms with Crippen LogP contribution in [0.15, 0.2) is 0 Å². The molecule has 1 unspecified atom stereocenters. The zero-order valence-corrected chi connectivity index (χ0v) is 32.0. The van der Waals surface area contributed by atoms with Crippen LogP contribution in [0.1, 0.15) is 99.8 Å². The summed E-state index contributed by atoms with van der Waals surface area (Å²) in [6, 6.07) is 0.705. The molecule has 2 aliphatic heterocycles. The molecule has 2 heterocycles. The van der Waals surface area contributed by atoms with E-state index < -0.39 is 35.6 Å². The zero-order chi connectivity index (χ0) is 35.1. The van der Waals surface area contributed by atoms with Crippen molar-refractivity contribution < 1.29 is 33.6 Å². The highest BCUT2D eigenvalue weighted by Crippen LogP contribution is 2.41. The Kier molecular flexibility index (Phi) is 15.4. The van der Waals surface area contributed by atoms with E-state index in [1.807, 2.05) is 39.8 Å². The minimum atomic E-state index is -0.972. The number of likely N-dealkylation sites (N-methyl/N-ethyl adjacent to an activating group) is 2. The topological polar surface area (TPSA) is 93.2 Å². The molecule has 1 N–H and O–H groups in total. The second-order valence-electron chi connectivity index (χ2n) is 16.1. The van der Waals surface area contributed by atoms with Crippen molar-refractivity contribution in [2.24, 2.45) is 17.3 Å². The molecular weight excluding hydrogens is 598 g/mol. The van der Waals surface area contributed by atoms with Crippen LogP contribution in [0.3, 0.4) is 0 Å². The van der Waals surface area contributed by atoms with Gasteiger partial charge in [-0.3, -0.25) is 9.69 Å². The van der Waals surface area contributed by atoms with E-state index in [-0.39, 0.29) is 36.0 Å². The minimum absolute atomic E-state index is 0.0915. The number of aliphatic hydroxyl groups is 1. The lowest BCUT2D eigenvalue weighted by Crippen LogP contribution is -2.60. The van der Waals surface area contributed by atoms with Gasteiger partial charge in [-0.1, -0.05) is 33.6 Å². The van der Waals surface area contributed by atoms with Gasteiger partial charge < -0.3 is 38.6 Å². The van der Waals surface area contributed by atoms with Crippen molar-refractivity contribution in [3.8, 4) is 0 Å². The number of rotatable bonds is 11. The van der Waals surface area contributed by atoms with Gasteiger partial charge in [0.05, 0.1) is 29.3 Å². The molecule has 3 rings (SSSR count). The van der Waals surface area contributed by atoms with E-state index in [0.29, 0.717) is 25.5 Å². The van der Waals surface area contributed by atoms with Gasteiger partial charge in [-0.2, -0.15) is 0 Å². The first kappa shape index (κ1) is 40.6. The molecule has 276 valence electrons. The second-order valence-corrected chi connectivity index (χ2v) is 16.1. The fraction of sp³-hybridized carbons (Fsp3) is 0.973. The van der Waals surface area contributed by atoms with Crippen molar-refractivity contribution in [1.29, 1.82) is 0 Å². The van der Waals surface area contributed by atoms with Crippen LogP contribution in [0.4, 0.5) is 0 Å². The summed E-state index contributed by atoms with van der Waals surface area (Å²) in [4.78, 5) is 21.0. The van der Waals surface area contributed by atoms with Crippen molar-refractivity contribution in [2.75, 3.05) is 61.6 Å². The summed E-state index contributed by atoms with van der Waals surface area (Å²) in [6.07, 6.45) is 5.81. The zero-order valence-electron chi connectivity index (χ0n) is 32.0. The Morgan fingerprint density at radius 3 is 2.28 bits per heavy atom. The van der Waals surface area contributed by atoms with Gasteiger partial charge in [0.2, 0.25) is 0 Å². The van der Waals surface area contributed by atoms with E-state index in [1.54, 1.807) is 14.2 Å². The predicted molar refractivity (Wildman–Crippen MR) is 186 cm³/mol. The van der Waals surface area contributed by atoms with E-state index in [0.717, 1.165) is 32.5 Å². The molecule has 10 nitrogen and oxygen atoms in total. The number of nitrogens with zero attached hydrogens (tertiary/aromatic N) is 3. The smallest absolute Gasteiger partial charge is 0.314 e. The largest absolute Gasteiger partial charge is 0.464 e. The molecule has 0 radical (unpaired) electrons. The number of carbonyl (C=O) groups excluding carboxylic acids is 1. The molecule has 0 spiro atoms. The maximum atomic E-state index is 14.0. The first-order valence-corrected chi connectivity index (χ1v) is 18.4. The lowest BCUT2D eigenvalue weighted by atomic mass is 9.73. The summed E-state index contributed by atoms with van der Waals surface area (Å²) in [5.41, 5.74) is -1.74. The lowest BCUT2D eigenvalue weighted by molar-refractivity contribution is -0.303. The summed E-state index contributed by atoms with van der Waals surface area (Å²) in [5.74, 6) is -0.339. The van der Waals surface area contributed by atoms with Gasteiger partial charge in [-0.05, 0) is 106 Å². The van der Waals surface area contributed by atoms with Crippen LogP contribution in [-0.4, -0.2) is 142 Å². The van der Waals surface area contributed by atoms with Gasteiger partial charge in [-0.25, -0.2) is 0 Å². The number of cyclic esters (lactones) is 1. The number of hydrogen-bond acceptors (Lipinski definition) is 10. The van der Waals surface area contributed by atoms with Gasteiger partial charge in [0.25, 0.3) is 0 Å². The monoisotopic (exact) mass is 670 g/mol. The van der Waals surface area contributed by atoms with Crippen LogP contribution < -0.4 is 0 Å². The van der Waals surface area contributed by atoms with E-state index in [9.17, 15) is 9.90 Å². The first-order valence-electron chi connectivity index (χ1n) is 18.4. The molecule has 0 amide bonds. The number of aliphatic hydroxyl groups excluding tert-OH is 1. The van der Waals surface area contributed by atoms with Gasteiger partial charge in [-0.15, -0.1) is 0 Å². The quantitative estimate of drug-likeness (QED) is 0.309. The van der Waals surface area contributed by atoms with Gasteiger partial charge >= 0.3 is 5.97 Å². The SMILES string of the molecule is CCN1C[C@H](C)C[C@@](C)(OC)[C@H](O[C@@H]2O[C@H](C)C[C@H](N(C)C)[C@H]2O)[C@@H](C)C(OC)C(C)(C)C(=O)OC[C@@H]1CCCN(C)C1CCCC1. The van der Waals surface area contributed by atoms with Crippen molar-refractivity contribution in [1.82, 2.24) is 14.7 Å². The van der Waals surface area contributed by atoms with Gasteiger partial charge in [0.15, 0.2) is 6.29 Å². The Hall–Kier alpha value is -0.850. The number of esters is 1. The molecular formula is C37H71N3O7. The number of methoxy groups -OCH3 is 2. The lowest BCUT2D eigenvalue weighted by Gasteiger charge is -2.49. The highest BCUT2D eigenvalue weighted by atomic mass is 16.7. The highest BCUT2D eigenvalue weighted by Gasteiger charge is 2.52. The third kappa shape index (κ3) is 10.1. The third-order valence-corrected chi connectivity index (χ3v) is 11.7. The van der Waals surface area contributed by atoms with Crippen LogP contribution in [0.2, 0.25) is 0 Å². The van der Waals surface area contributed by atoms with Crippen molar-refractivity contribution >= 4 is 5.97 Å². The number of ether oxygens (including phenoxy) is 5. The molecule has 0 aromatic carbocycles. The van der Waals surface area contributed by atoms with E-state index in [4.69, 9.17) is 23.7 Å². The second kappa shape index (κ2) is 17.9. The van der Waals surface area contributed by atoms with Crippen LogP contribution in [0.25, 0.3) is 0 Å². The summed E-state index contributed by atoms with van der Waals surface area (Å²) < 4.78 is 31.9. The maximum Gasteiger partial charge on any atom is 0.314 e. The van der Waals surface area contributed by atoms with Crippen LogP contribution in [0, 0.1) is 17.3 Å². The molecule has 3 aliphatic rings. The van der Waals surface area contributed by atoms with Gasteiger partial charge in [0, 0.05) is 44.8 Å². The first-order chi connectivity index (χ1) is 22.1. The Labute approximate surface area is 287 Å². The number of hydrogen-bond donors (Lipinski definition) is 1. The summed E-state index contributed by atoms with van der Waals surface area (Å²) >= 11 is 0. The molecule has 0 bridgehead atoms. The number of carbonyl (C=O) groups is 1. The van der Waals surface area contributed by atoms with Crippen LogP contribution in [0.5, 0.6) is 0 Å². The molecule has 1 aliphatic carbocycles. The summed E-state index contributed by atoms with van der Waals surface area (Å²) in [6.45, 7) is 17.6. The van der Waals surface area contributed by atoms with E-state index in [1.165, 1.54) is 25.7 Å². The fourth-order valence-electron chi connectivity index (χ4n) is 8.91. The summed E-state index contributed by atoms with van der Waals surface area (Å²) in [7, 11) is 9.59. The van der Waals surface area contributed by atoms with E-state index in [2.05, 4.69) is 44.5 Å². The summed E-state index contributed by atoms with van der Waals surface area (Å²) in [5, 5.41) is 11.5. The van der Waals surface area contributed by atoms with Crippen molar-refractivity contribution in [3.05, 3.63) is 0 Å². The molecule has 1 saturated carbocycles. The Bertz CT molecular complexity index is 947. The Morgan fingerprint density at radius 1 is 1.04 bits per heavy atom. The molecule has 3 fully saturated rings. The molecule has 0 aromatic heterocycles. The highest BCUT2D eigenvalue weighted by molar-refractivity contribution is 5.76. The van der Waals surface area contributed by atoms with Crippen LogP contribution >= 0.6 is 0 Å². The van der Waals surface area contributed by atoms with Crippen LogP contribution in [-0.2, 0) is 28.5 Å². The molecule has 47 heavy (non-hydrogen) atoms. The molecule has 2 saturated heterocycles. The molecule has 10 atom stereocenters. The van der Waals surface area contributed by atoms with E-state index >= 15 is 0 Å². The predicted octanol–water partition coefficient (Wildman–Crippen LogP) is 4.81. The average Bonchev–Trinajstić information content (AvgIpc) is 3.56. The normalized spacial score (nSPS) is 38.6. The fourth-order valence-corrected chi connectivity index (χ4v) is 8.91. The third-order valence-electron chi connectivity index (χ3n) is 11.7. The molecule has 0 aromatic rings. The maximum absolute atomic E-state index is 14.0. The average molecular weight is 670 g/mol. The molecule has 10 heteroatoms. The van der Waals surface area contributed by atoms with Gasteiger partial charge in [0.1, 0.15) is 12.7 Å².